The van der Waals surface area contributed by atoms with Gasteiger partial charge in [0.2, 0.25) is 0 Å². The number of halogens is 1. The lowest BCUT2D eigenvalue weighted by molar-refractivity contribution is 0.506. The summed E-state index contributed by atoms with van der Waals surface area (Å²) in [6.07, 6.45) is 49.5. The minimum absolute atomic E-state index is 0.264. The van der Waals surface area contributed by atoms with E-state index >= 15 is 0 Å². The van der Waals surface area contributed by atoms with Gasteiger partial charge < -0.3 is 0 Å². The molecule has 0 saturated heterocycles. The van der Waals surface area contributed by atoms with Crippen LogP contribution in [0.2, 0.25) is 0 Å². The predicted molar refractivity (Wildman–Crippen MR) is 217 cm³/mol. The summed E-state index contributed by atoms with van der Waals surface area (Å²) in [5, 5.41) is 0. The lowest BCUT2D eigenvalue weighted by Gasteiger charge is -2.26. The third-order valence-corrected chi connectivity index (χ3v) is 11.1. The molecule has 0 amide bonds. The summed E-state index contributed by atoms with van der Waals surface area (Å²) in [4.78, 5) is -0.264. The molecule has 1 atom stereocenters. The summed E-state index contributed by atoms with van der Waals surface area (Å²) >= 11 is 7.28. The molecule has 274 valence electrons. The molecule has 0 heterocycles. The standard InChI is InChI=1S/C46H83Cl/c1-5-8-10-12-14-16-18-20-22-24-26-28-30-32-34-36-38-44-42-43(7-3)39-40-45(44)46(4,47)41-37-35-33-31-29-27-25-23-21-19-17-15-13-11-9-6-2/h7,39-40,42H,3,5-6,8-38,41H2,1-2,4H3. The van der Waals surface area contributed by atoms with Crippen molar-refractivity contribution < 1.29 is 0 Å². The van der Waals surface area contributed by atoms with Gasteiger partial charge in [0.1, 0.15) is 0 Å². The number of unbranched alkanes of at least 4 members (excludes halogenated alkanes) is 30. The fraction of sp³-hybridized carbons (Fsp3) is 0.826. The van der Waals surface area contributed by atoms with Crippen LogP contribution in [0, 0.1) is 0 Å². The van der Waals surface area contributed by atoms with Crippen molar-refractivity contribution >= 4 is 17.7 Å². The van der Waals surface area contributed by atoms with Crippen molar-refractivity contribution in [2.75, 3.05) is 0 Å². The van der Waals surface area contributed by atoms with Gasteiger partial charge in [-0.2, -0.15) is 0 Å². The van der Waals surface area contributed by atoms with Crippen LogP contribution in [0.1, 0.15) is 249 Å². The molecular weight excluding hydrogens is 588 g/mol. The maximum atomic E-state index is 7.28. The lowest BCUT2D eigenvalue weighted by Crippen LogP contribution is -2.16. The molecule has 0 N–H and O–H groups in total. The van der Waals surface area contributed by atoms with Gasteiger partial charge in [-0.3, -0.25) is 0 Å². The zero-order valence-corrected chi connectivity index (χ0v) is 33.2. The fourth-order valence-corrected chi connectivity index (χ4v) is 7.78. The molecule has 47 heavy (non-hydrogen) atoms. The highest BCUT2D eigenvalue weighted by molar-refractivity contribution is 6.23. The highest BCUT2D eigenvalue weighted by atomic mass is 35.5. The topological polar surface area (TPSA) is 0 Å². The van der Waals surface area contributed by atoms with Gasteiger partial charge in [-0.25, -0.2) is 0 Å². The van der Waals surface area contributed by atoms with E-state index in [0.29, 0.717) is 0 Å². The molecule has 1 aromatic carbocycles. The summed E-state index contributed by atoms with van der Waals surface area (Å²) in [5.74, 6) is 0. The molecule has 0 aliphatic heterocycles. The lowest BCUT2D eigenvalue weighted by atomic mass is 9.87. The first kappa shape index (κ1) is 44.3. The minimum Gasteiger partial charge on any atom is -0.114 e. The molecule has 0 aromatic heterocycles. The Morgan fingerprint density at radius 1 is 0.489 bits per heavy atom. The molecule has 0 saturated carbocycles. The molecule has 0 aliphatic carbocycles. The Morgan fingerprint density at radius 2 is 0.809 bits per heavy atom. The van der Waals surface area contributed by atoms with E-state index in [1.807, 2.05) is 6.08 Å². The van der Waals surface area contributed by atoms with Crippen molar-refractivity contribution in [2.24, 2.45) is 0 Å². The smallest absolute Gasteiger partial charge is 0.0669 e. The van der Waals surface area contributed by atoms with Crippen molar-refractivity contribution in [3.05, 3.63) is 41.5 Å². The van der Waals surface area contributed by atoms with Crippen LogP contribution in [0.5, 0.6) is 0 Å². The van der Waals surface area contributed by atoms with Crippen molar-refractivity contribution in [1.82, 2.24) is 0 Å². The van der Waals surface area contributed by atoms with Gasteiger partial charge in [0.15, 0.2) is 0 Å². The first-order valence-electron chi connectivity index (χ1n) is 21.5. The van der Waals surface area contributed by atoms with E-state index in [-0.39, 0.29) is 4.87 Å². The number of hydrogen-bond donors (Lipinski definition) is 0. The molecule has 0 radical (unpaired) electrons. The quantitative estimate of drug-likeness (QED) is 0.0492. The number of alkyl halides is 1. The van der Waals surface area contributed by atoms with E-state index < -0.39 is 0 Å². The Morgan fingerprint density at radius 3 is 1.15 bits per heavy atom. The third-order valence-electron chi connectivity index (χ3n) is 10.7. The maximum Gasteiger partial charge on any atom is 0.0669 e. The second-order valence-electron chi connectivity index (χ2n) is 15.4. The second kappa shape index (κ2) is 32.5. The molecule has 1 rings (SSSR count). The molecule has 1 heteroatoms. The van der Waals surface area contributed by atoms with Crippen LogP contribution < -0.4 is 0 Å². The summed E-state index contributed by atoms with van der Waals surface area (Å²) in [5.41, 5.74) is 4.06. The molecule has 0 aliphatic rings. The molecule has 0 bridgehead atoms. The zero-order valence-electron chi connectivity index (χ0n) is 32.4. The van der Waals surface area contributed by atoms with Crippen LogP contribution in [0.4, 0.5) is 0 Å². The van der Waals surface area contributed by atoms with Gasteiger partial charge in [-0.1, -0.05) is 244 Å². The van der Waals surface area contributed by atoms with Crippen LogP contribution in [0.15, 0.2) is 24.8 Å². The molecule has 0 spiro atoms. The predicted octanol–water partition coefficient (Wildman–Crippen LogP) is 17.2. The van der Waals surface area contributed by atoms with Crippen LogP contribution in [-0.4, -0.2) is 0 Å². The number of rotatable bonds is 36. The second-order valence-corrected chi connectivity index (χ2v) is 16.3. The average molecular weight is 672 g/mol. The Labute approximate surface area is 302 Å². The van der Waals surface area contributed by atoms with Crippen molar-refractivity contribution in [3.63, 3.8) is 0 Å². The normalized spacial score (nSPS) is 12.9. The van der Waals surface area contributed by atoms with Gasteiger partial charge in [0.05, 0.1) is 4.87 Å². The minimum atomic E-state index is -0.264. The SMILES string of the molecule is C=Cc1ccc(C(C)(Cl)CCCCCCCCCCCCCCCCCC)c(CCCCCCCCCCCCCCCCCC)c1. The van der Waals surface area contributed by atoms with E-state index in [1.165, 1.54) is 222 Å². The van der Waals surface area contributed by atoms with E-state index in [1.54, 1.807) is 0 Å². The summed E-state index contributed by atoms with van der Waals surface area (Å²) in [6, 6.07) is 6.88. The van der Waals surface area contributed by atoms with Crippen molar-refractivity contribution in [1.29, 1.82) is 0 Å². The molecule has 0 nitrogen and oxygen atoms in total. The first-order valence-corrected chi connectivity index (χ1v) is 21.9. The van der Waals surface area contributed by atoms with Crippen molar-refractivity contribution in [3.8, 4) is 0 Å². The van der Waals surface area contributed by atoms with Crippen LogP contribution in [0.25, 0.3) is 6.08 Å². The Balaban J connectivity index is 2.13. The summed E-state index contributed by atoms with van der Waals surface area (Å²) in [7, 11) is 0. The number of benzene rings is 1. The van der Waals surface area contributed by atoms with Crippen LogP contribution in [0.3, 0.4) is 0 Å². The Bertz CT molecular complexity index is 807. The van der Waals surface area contributed by atoms with E-state index in [9.17, 15) is 0 Å². The first-order chi connectivity index (χ1) is 23.0. The van der Waals surface area contributed by atoms with E-state index in [2.05, 4.69) is 45.5 Å². The average Bonchev–Trinajstić information content (AvgIpc) is 3.07. The molecular formula is C46H83Cl. The van der Waals surface area contributed by atoms with Gasteiger partial charge in [0, 0.05) is 0 Å². The van der Waals surface area contributed by atoms with Crippen molar-refractivity contribution in [2.45, 2.75) is 244 Å². The van der Waals surface area contributed by atoms with Crippen LogP contribution >= 0.6 is 11.6 Å². The Hall–Kier alpha value is -0.750. The monoisotopic (exact) mass is 671 g/mol. The summed E-state index contributed by atoms with van der Waals surface area (Å²) in [6.45, 7) is 10.9. The maximum absolute atomic E-state index is 7.28. The highest BCUT2D eigenvalue weighted by Gasteiger charge is 2.25. The van der Waals surface area contributed by atoms with Gasteiger partial charge >= 0.3 is 0 Å². The molecule has 0 fully saturated rings. The Kier molecular flexibility index (Phi) is 30.6. The molecule has 1 unspecified atom stereocenters. The summed E-state index contributed by atoms with van der Waals surface area (Å²) < 4.78 is 0. The third kappa shape index (κ3) is 25.8. The highest BCUT2D eigenvalue weighted by Crippen LogP contribution is 2.37. The fourth-order valence-electron chi connectivity index (χ4n) is 7.46. The number of aryl methyl sites for hydroxylation is 1. The zero-order chi connectivity index (χ0) is 34.1. The number of hydrogen-bond acceptors (Lipinski definition) is 0. The van der Waals surface area contributed by atoms with E-state index in [0.717, 1.165) is 12.8 Å². The van der Waals surface area contributed by atoms with Gasteiger partial charge in [-0.05, 0) is 42.9 Å². The van der Waals surface area contributed by atoms with Gasteiger partial charge in [0.25, 0.3) is 0 Å². The van der Waals surface area contributed by atoms with Gasteiger partial charge in [-0.15, -0.1) is 11.6 Å². The largest absolute Gasteiger partial charge is 0.114 e. The molecule has 1 aromatic rings. The van der Waals surface area contributed by atoms with Crippen LogP contribution in [-0.2, 0) is 11.3 Å². The van der Waals surface area contributed by atoms with E-state index in [4.69, 9.17) is 11.6 Å².